The Balaban J connectivity index is 1.61. The number of hydrogen-bond donors (Lipinski definition) is 1. The molecule has 4 amide bonds. The molecule has 1 atom stereocenters. The summed E-state index contributed by atoms with van der Waals surface area (Å²) >= 11 is 6.18. The number of anilines is 1. The number of urea groups is 1. The third-order valence-electron chi connectivity index (χ3n) is 6.41. The van der Waals surface area contributed by atoms with Crippen molar-refractivity contribution in [1.82, 2.24) is 15.0 Å². The Morgan fingerprint density at radius 1 is 1.09 bits per heavy atom. The normalized spacial score (nSPS) is 19.3. The first-order valence-corrected chi connectivity index (χ1v) is 11.0. The number of fused-ring (bicyclic) bond motifs is 2. The lowest BCUT2D eigenvalue weighted by molar-refractivity contribution is -0.143. The molecule has 1 N–H and O–H groups in total. The average molecular weight is 495 g/mol. The average Bonchev–Trinajstić information content (AvgIpc) is 3.37. The van der Waals surface area contributed by atoms with Crippen molar-refractivity contribution in [3.63, 3.8) is 0 Å². The van der Waals surface area contributed by atoms with Crippen molar-refractivity contribution in [3.05, 3.63) is 70.4 Å². The number of carbonyl (C=O) groups is 4. The van der Waals surface area contributed by atoms with Crippen LogP contribution in [-0.4, -0.2) is 57.5 Å². The number of aromatic nitrogens is 1. The van der Waals surface area contributed by atoms with Crippen LogP contribution in [-0.2, 0) is 26.5 Å². The number of carbonyl (C=O) groups excluding carboxylic acids is 3. The number of nitrogens with zero attached hydrogens (tertiary/aromatic N) is 4. The number of rotatable bonds is 5. The summed E-state index contributed by atoms with van der Waals surface area (Å²) in [6.45, 7) is 0.808. The quantitative estimate of drug-likeness (QED) is 0.427. The van der Waals surface area contributed by atoms with E-state index in [0.717, 1.165) is 20.3 Å². The molecule has 11 heteroatoms. The number of carboxylic acid groups (broad SMARTS) is 1. The fourth-order valence-corrected chi connectivity index (χ4v) is 4.90. The predicted octanol–water partition coefficient (Wildman–Crippen LogP) is 3.02. The summed E-state index contributed by atoms with van der Waals surface area (Å²) in [7, 11) is 1.34. The molecule has 0 aliphatic carbocycles. The smallest absolute Gasteiger partial charge is 0.328 e. The van der Waals surface area contributed by atoms with Crippen LogP contribution in [0.25, 0.3) is 11.3 Å². The number of likely N-dealkylation sites (N-methyl/N-ethyl adjacent to an activating group) is 1. The van der Waals surface area contributed by atoms with Gasteiger partial charge in [0.1, 0.15) is 18.0 Å². The van der Waals surface area contributed by atoms with Crippen molar-refractivity contribution in [2.24, 2.45) is 0 Å². The number of hydrogen-bond acceptors (Lipinski definition) is 6. The largest absolute Gasteiger partial charge is 0.480 e. The van der Waals surface area contributed by atoms with Crippen LogP contribution in [0.15, 0.2) is 53.1 Å². The van der Waals surface area contributed by atoms with Gasteiger partial charge in [-0.1, -0.05) is 47.1 Å². The van der Waals surface area contributed by atoms with Crippen molar-refractivity contribution in [2.75, 3.05) is 18.5 Å². The van der Waals surface area contributed by atoms with E-state index < -0.39 is 35.9 Å². The minimum Gasteiger partial charge on any atom is -0.480 e. The van der Waals surface area contributed by atoms with Gasteiger partial charge in [-0.15, -0.1) is 0 Å². The minimum absolute atomic E-state index is 0.157. The van der Waals surface area contributed by atoms with Crippen molar-refractivity contribution in [1.29, 1.82) is 0 Å². The summed E-state index contributed by atoms with van der Waals surface area (Å²) in [5.41, 5.74) is 0.0320. The molecular weight excluding hydrogens is 476 g/mol. The zero-order valence-corrected chi connectivity index (χ0v) is 19.4. The molecule has 0 saturated carbocycles. The number of carboxylic acids is 1. The first-order valence-electron chi connectivity index (χ1n) is 10.6. The minimum atomic E-state index is -2.06. The molecule has 2 aliphatic rings. The molecule has 1 aromatic heterocycles. The highest BCUT2D eigenvalue weighted by Crippen LogP contribution is 2.49. The van der Waals surface area contributed by atoms with Crippen molar-refractivity contribution < 1.29 is 28.8 Å². The summed E-state index contributed by atoms with van der Waals surface area (Å²) in [5.74, 6) is -2.47. The molecule has 2 aliphatic heterocycles. The first kappa shape index (κ1) is 22.6. The number of halogens is 1. The van der Waals surface area contributed by atoms with Crippen molar-refractivity contribution in [2.45, 2.75) is 19.0 Å². The zero-order valence-electron chi connectivity index (χ0n) is 18.7. The number of benzene rings is 2. The highest BCUT2D eigenvalue weighted by Gasteiger charge is 2.67. The highest BCUT2D eigenvalue weighted by atomic mass is 35.5. The standard InChI is InChI=1S/C24H19ClN4O6/c1-13-16(20(26-35-13)14-6-4-3-5-7-14)11-29-22(33)24(27(2)23(29)34)17-10-15(25)8-9-18(17)28(21(24)32)12-19(30)31/h3-10H,11-12H2,1-2H3,(H,30,31)/t24-/m1/s1. The summed E-state index contributed by atoms with van der Waals surface area (Å²) in [6, 6.07) is 12.8. The molecule has 178 valence electrons. The van der Waals surface area contributed by atoms with Crippen LogP contribution in [0.4, 0.5) is 10.5 Å². The predicted molar refractivity (Wildman–Crippen MR) is 124 cm³/mol. The molecule has 1 fully saturated rings. The second kappa shape index (κ2) is 7.95. The molecule has 3 heterocycles. The van der Waals surface area contributed by atoms with Crippen LogP contribution in [0, 0.1) is 6.92 Å². The molecule has 2 aromatic carbocycles. The SMILES string of the molecule is Cc1onc(-c2ccccc2)c1CN1C(=O)N(C)[C@@]2(C1=O)C(=O)N(CC(=O)O)c1ccc(Cl)cc12. The van der Waals surface area contributed by atoms with E-state index in [1.54, 1.807) is 6.92 Å². The van der Waals surface area contributed by atoms with Crippen LogP contribution in [0.2, 0.25) is 5.02 Å². The van der Waals surface area contributed by atoms with E-state index in [9.17, 15) is 24.3 Å². The fourth-order valence-electron chi connectivity index (χ4n) is 4.72. The van der Waals surface area contributed by atoms with Crippen molar-refractivity contribution in [3.8, 4) is 11.3 Å². The lowest BCUT2D eigenvalue weighted by Gasteiger charge is -2.27. The van der Waals surface area contributed by atoms with E-state index in [0.29, 0.717) is 17.0 Å². The Kier molecular flexibility index (Phi) is 5.13. The molecular formula is C24H19ClN4O6. The first-order chi connectivity index (χ1) is 16.7. The van der Waals surface area contributed by atoms with Gasteiger partial charge in [0.25, 0.3) is 11.8 Å². The third-order valence-corrected chi connectivity index (χ3v) is 6.65. The van der Waals surface area contributed by atoms with Gasteiger partial charge in [-0.3, -0.25) is 24.2 Å². The van der Waals surface area contributed by atoms with Crippen LogP contribution in [0.3, 0.4) is 0 Å². The van der Waals surface area contributed by atoms with Gasteiger partial charge in [-0.25, -0.2) is 4.79 Å². The molecule has 1 spiro atoms. The maximum absolute atomic E-state index is 13.9. The van der Waals surface area contributed by atoms with Gasteiger partial charge in [-0.2, -0.15) is 0 Å². The van der Waals surface area contributed by atoms with Gasteiger partial charge >= 0.3 is 12.0 Å². The fraction of sp³-hybridized carbons (Fsp3) is 0.208. The zero-order chi connectivity index (χ0) is 25.1. The van der Waals surface area contributed by atoms with Gasteiger partial charge in [-0.05, 0) is 25.1 Å². The number of aliphatic carboxylic acids is 1. The van der Waals surface area contributed by atoms with Crippen LogP contribution >= 0.6 is 11.6 Å². The Bertz CT molecular complexity index is 1400. The number of aryl methyl sites for hydroxylation is 1. The van der Waals surface area contributed by atoms with Gasteiger partial charge in [0.05, 0.1) is 12.2 Å². The Morgan fingerprint density at radius 3 is 2.46 bits per heavy atom. The molecule has 0 radical (unpaired) electrons. The number of amides is 4. The van der Waals surface area contributed by atoms with Gasteiger partial charge in [0.2, 0.25) is 5.54 Å². The Morgan fingerprint density at radius 2 is 1.77 bits per heavy atom. The van der Waals surface area contributed by atoms with Crippen LogP contribution < -0.4 is 4.90 Å². The van der Waals surface area contributed by atoms with Gasteiger partial charge in [0, 0.05) is 28.8 Å². The summed E-state index contributed by atoms with van der Waals surface area (Å²) < 4.78 is 5.36. The molecule has 0 bridgehead atoms. The maximum Gasteiger partial charge on any atom is 0.328 e. The lowest BCUT2D eigenvalue weighted by Crippen LogP contribution is -2.53. The van der Waals surface area contributed by atoms with Crippen LogP contribution in [0.5, 0.6) is 0 Å². The topological polar surface area (TPSA) is 124 Å². The maximum atomic E-state index is 13.9. The lowest BCUT2D eigenvalue weighted by atomic mass is 9.90. The second-order valence-electron chi connectivity index (χ2n) is 8.32. The summed E-state index contributed by atoms with van der Waals surface area (Å²) in [6.07, 6.45) is 0. The summed E-state index contributed by atoms with van der Waals surface area (Å²) in [5, 5.41) is 13.7. The molecule has 0 unspecified atom stereocenters. The monoisotopic (exact) mass is 494 g/mol. The van der Waals surface area contributed by atoms with Gasteiger partial charge < -0.3 is 14.5 Å². The molecule has 1 saturated heterocycles. The third kappa shape index (κ3) is 3.13. The van der Waals surface area contributed by atoms with E-state index in [1.807, 2.05) is 30.3 Å². The molecule has 3 aromatic rings. The summed E-state index contributed by atoms with van der Waals surface area (Å²) in [4.78, 5) is 55.4. The molecule has 10 nitrogen and oxygen atoms in total. The Labute approximate surface area is 204 Å². The molecule has 35 heavy (non-hydrogen) atoms. The second-order valence-corrected chi connectivity index (χ2v) is 8.76. The van der Waals surface area contributed by atoms with Crippen LogP contribution in [0.1, 0.15) is 16.9 Å². The van der Waals surface area contributed by atoms with Gasteiger partial charge in [0.15, 0.2) is 0 Å². The molecule has 5 rings (SSSR count). The van der Waals surface area contributed by atoms with Crippen molar-refractivity contribution >= 4 is 41.1 Å². The van der Waals surface area contributed by atoms with E-state index >= 15 is 0 Å². The Hall–Kier alpha value is -4.18. The van der Waals surface area contributed by atoms with E-state index in [4.69, 9.17) is 16.1 Å². The van der Waals surface area contributed by atoms with E-state index in [1.165, 1.54) is 25.2 Å². The number of imide groups is 1. The van der Waals surface area contributed by atoms with E-state index in [2.05, 4.69) is 5.16 Å². The van der Waals surface area contributed by atoms with E-state index in [-0.39, 0.29) is 22.8 Å². The highest BCUT2D eigenvalue weighted by molar-refractivity contribution is 6.32.